The Morgan fingerprint density at radius 2 is 1.88 bits per heavy atom. The molecule has 2 aliphatic heterocycles. The third-order valence-corrected chi connectivity index (χ3v) is 7.35. The molecule has 1 saturated heterocycles. The lowest BCUT2D eigenvalue weighted by Crippen LogP contribution is -2.56. The van der Waals surface area contributed by atoms with Crippen LogP contribution in [0.3, 0.4) is 0 Å². The van der Waals surface area contributed by atoms with Gasteiger partial charge < -0.3 is 19.7 Å². The summed E-state index contributed by atoms with van der Waals surface area (Å²) in [4.78, 5) is 11.5. The van der Waals surface area contributed by atoms with Crippen LogP contribution >= 0.6 is 0 Å². The van der Waals surface area contributed by atoms with Gasteiger partial charge in [-0.25, -0.2) is 4.79 Å². The largest absolute Gasteiger partial charge is 0.429 e. The molecule has 5 heteroatoms. The van der Waals surface area contributed by atoms with Crippen LogP contribution in [0.4, 0.5) is 0 Å². The molecule has 0 aromatic rings. The Morgan fingerprint density at radius 1 is 1.16 bits per heavy atom. The van der Waals surface area contributed by atoms with Gasteiger partial charge in [0.1, 0.15) is 5.60 Å². The maximum atomic E-state index is 11.5. The van der Waals surface area contributed by atoms with E-state index in [1.165, 1.54) is 17.2 Å². The summed E-state index contributed by atoms with van der Waals surface area (Å²) in [7, 11) is 0. The Bertz CT molecular complexity index is 690. The lowest BCUT2D eigenvalue weighted by Gasteiger charge is -2.53. The number of fused-ring (bicyclic) bond motifs is 2. The summed E-state index contributed by atoms with van der Waals surface area (Å²) in [6, 6.07) is 0. The average Bonchev–Trinajstić information content (AvgIpc) is 2.99. The monoisotopic (exact) mass is 348 g/mol. The van der Waals surface area contributed by atoms with E-state index in [-0.39, 0.29) is 10.8 Å². The molecule has 5 nitrogen and oxygen atoms in total. The van der Waals surface area contributed by atoms with Gasteiger partial charge in [0.25, 0.3) is 0 Å². The van der Waals surface area contributed by atoms with E-state index in [4.69, 9.17) is 9.47 Å². The molecule has 0 amide bonds. The Kier molecular flexibility index (Phi) is 3.57. The van der Waals surface area contributed by atoms with Crippen molar-refractivity contribution in [2.75, 3.05) is 0 Å². The third kappa shape index (κ3) is 2.22. The topological polar surface area (TPSA) is 76.0 Å². The highest BCUT2D eigenvalue weighted by Crippen LogP contribution is 2.63. The average molecular weight is 348 g/mol. The summed E-state index contributed by atoms with van der Waals surface area (Å²) < 4.78 is 11.2. The van der Waals surface area contributed by atoms with Crippen molar-refractivity contribution in [2.24, 2.45) is 10.8 Å². The molecule has 2 unspecified atom stereocenters. The molecule has 1 fully saturated rings. The highest BCUT2D eigenvalue weighted by Gasteiger charge is 2.64. The van der Waals surface area contributed by atoms with Crippen LogP contribution in [0.2, 0.25) is 0 Å². The number of hydrogen-bond donors (Lipinski definition) is 2. The first-order valence-electron chi connectivity index (χ1n) is 9.27. The van der Waals surface area contributed by atoms with Crippen molar-refractivity contribution in [3.63, 3.8) is 0 Å². The summed E-state index contributed by atoms with van der Waals surface area (Å²) >= 11 is 0. The summed E-state index contributed by atoms with van der Waals surface area (Å²) in [6.07, 6.45) is 3.69. The second-order valence-electron chi connectivity index (χ2n) is 9.10. The van der Waals surface area contributed by atoms with Crippen molar-refractivity contribution in [2.45, 2.75) is 83.9 Å². The number of carbonyl (C=O) groups is 1. The van der Waals surface area contributed by atoms with E-state index >= 15 is 0 Å². The number of ether oxygens (including phenoxy) is 2. The molecule has 0 spiro atoms. The number of aliphatic hydroxyl groups is 2. The number of esters is 1. The van der Waals surface area contributed by atoms with E-state index in [0.717, 1.165) is 19.3 Å². The first kappa shape index (κ1) is 17.3. The Labute approximate surface area is 148 Å². The molecular weight excluding hydrogens is 320 g/mol. The maximum Gasteiger partial charge on any atom is 0.333 e. The van der Waals surface area contributed by atoms with Gasteiger partial charge in [-0.2, -0.15) is 0 Å². The number of carbonyl (C=O) groups excluding carboxylic acids is 1. The van der Waals surface area contributed by atoms with Crippen molar-refractivity contribution >= 4 is 5.97 Å². The fraction of sp³-hybridized carbons (Fsp3) is 0.750. The van der Waals surface area contributed by atoms with E-state index in [0.29, 0.717) is 18.4 Å². The van der Waals surface area contributed by atoms with Crippen molar-refractivity contribution in [3.8, 4) is 0 Å². The minimum Gasteiger partial charge on any atom is -0.429 e. The molecule has 0 saturated carbocycles. The standard InChI is InChI=1S/C20H28O5/c1-18(2)7-5-6-12-13(18)9-15(21)20(4)19(12,3)10-14(25-20)11-8-16(22)24-17(11)23/h8,14-15,17,21,23H,5-7,9-10H2,1-4H3/t14?,15-,17?,19+,20-/m0/s1. The van der Waals surface area contributed by atoms with Gasteiger partial charge in [-0.1, -0.05) is 31.9 Å². The predicted octanol–water partition coefficient (Wildman–Crippen LogP) is 2.61. The number of aliphatic hydroxyl groups excluding tert-OH is 2. The first-order valence-corrected chi connectivity index (χ1v) is 9.27. The van der Waals surface area contributed by atoms with Crippen molar-refractivity contribution in [1.82, 2.24) is 0 Å². The SMILES string of the molecule is CC1(C)CCCC2=C1C[C@H](O)[C@]1(C)OC(C3=CC(=O)OC3O)C[C@]21C. The van der Waals surface area contributed by atoms with Gasteiger partial charge in [0, 0.05) is 17.1 Å². The zero-order valence-electron chi connectivity index (χ0n) is 15.5. The van der Waals surface area contributed by atoms with Crippen molar-refractivity contribution in [1.29, 1.82) is 0 Å². The maximum absolute atomic E-state index is 11.5. The second kappa shape index (κ2) is 5.18. The molecule has 0 bridgehead atoms. The molecule has 138 valence electrons. The van der Waals surface area contributed by atoms with Crippen molar-refractivity contribution in [3.05, 3.63) is 22.8 Å². The van der Waals surface area contributed by atoms with Crippen LogP contribution in [0.1, 0.15) is 59.8 Å². The summed E-state index contributed by atoms with van der Waals surface area (Å²) in [5.41, 5.74) is 2.33. The quantitative estimate of drug-likeness (QED) is 0.563. The van der Waals surface area contributed by atoms with E-state index < -0.39 is 30.1 Å². The molecule has 0 aromatic carbocycles. The number of cyclic esters (lactones) is 1. The van der Waals surface area contributed by atoms with Crippen LogP contribution in [0.15, 0.2) is 22.8 Å². The van der Waals surface area contributed by atoms with Crippen LogP contribution < -0.4 is 0 Å². The Morgan fingerprint density at radius 3 is 2.52 bits per heavy atom. The van der Waals surface area contributed by atoms with Gasteiger partial charge in [-0.05, 0) is 44.4 Å². The zero-order chi connectivity index (χ0) is 18.2. The van der Waals surface area contributed by atoms with Gasteiger partial charge in [0.15, 0.2) is 0 Å². The summed E-state index contributed by atoms with van der Waals surface area (Å²) in [6.45, 7) is 8.69. The van der Waals surface area contributed by atoms with E-state index in [9.17, 15) is 15.0 Å². The lowest BCUT2D eigenvalue weighted by atomic mass is 9.54. The first-order chi connectivity index (χ1) is 11.6. The minimum absolute atomic E-state index is 0.0994. The van der Waals surface area contributed by atoms with Gasteiger partial charge >= 0.3 is 5.97 Å². The van der Waals surface area contributed by atoms with Crippen LogP contribution in [0.25, 0.3) is 0 Å². The van der Waals surface area contributed by atoms with Crippen LogP contribution in [-0.4, -0.2) is 40.3 Å². The summed E-state index contributed by atoms with van der Waals surface area (Å²) in [5.74, 6) is -0.532. The molecular formula is C20H28O5. The second-order valence-corrected chi connectivity index (χ2v) is 9.10. The van der Waals surface area contributed by atoms with Crippen molar-refractivity contribution < 1.29 is 24.5 Å². The molecule has 4 rings (SSSR count). The normalized spacial score (nSPS) is 45.8. The molecule has 2 N–H and O–H groups in total. The molecule has 4 aliphatic rings. The minimum atomic E-state index is -1.24. The molecule has 5 atom stereocenters. The van der Waals surface area contributed by atoms with Crippen LogP contribution in [0.5, 0.6) is 0 Å². The zero-order valence-corrected chi connectivity index (χ0v) is 15.5. The Hall–Kier alpha value is -1.17. The number of rotatable bonds is 1. The smallest absolute Gasteiger partial charge is 0.333 e. The third-order valence-electron chi connectivity index (χ3n) is 7.35. The fourth-order valence-electron chi connectivity index (χ4n) is 5.58. The van der Waals surface area contributed by atoms with Gasteiger partial charge in [0.2, 0.25) is 6.29 Å². The predicted molar refractivity (Wildman–Crippen MR) is 91.5 cm³/mol. The molecule has 2 aliphatic carbocycles. The number of hydrogen-bond acceptors (Lipinski definition) is 5. The van der Waals surface area contributed by atoms with Crippen LogP contribution in [0, 0.1) is 10.8 Å². The Balaban J connectivity index is 1.78. The molecule has 0 radical (unpaired) electrons. The molecule has 25 heavy (non-hydrogen) atoms. The summed E-state index contributed by atoms with van der Waals surface area (Å²) in [5, 5.41) is 21.1. The highest BCUT2D eigenvalue weighted by molar-refractivity contribution is 5.85. The van der Waals surface area contributed by atoms with Gasteiger partial charge in [-0.15, -0.1) is 0 Å². The van der Waals surface area contributed by atoms with E-state index in [1.54, 1.807) is 0 Å². The van der Waals surface area contributed by atoms with Crippen LogP contribution in [-0.2, 0) is 14.3 Å². The van der Waals surface area contributed by atoms with E-state index in [2.05, 4.69) is 20.8 Å². The molecule has 2 heterocycles. The fourth-order valence-corrected chi connectivity index (χ4v) is 5.58. The van der Waals surface area contributed by atoms with Gasteiger partial charge in [-0.3, -0.25) is 0 Å². The highest BCUT2D eigenvalue weighted by atomic mass is 16.6. The van der Waals surface area contributed by atoms with Gasteiger partial charge in [0.05, 0.1) is 12.2 Å². The lowest BCUT2D eigenvalue weighted by molar-refractivity contribution is -0.156. The van der Waals surface area contributed by atoms with E-state index in [1.807, 2.05) is 6.92 Å². The molecule has 0 aromatic heterocycles.